The van der Waals surface area contributed by atoms with Gasteiger partial charge in [-0.15, -0.1) is 0 Å². The highest BCUT2D eigenvalue weighted by molar-refractivity contribution is 5.94. The number of carbonyl (C=O) groups is 2. The summed E-state index contributed by atoms with van der Waals surface area (Å²) in [4.78, 5) is 32.5. The van der Waals surface area contributed by atoms with Gasteiger partial charge in [0.15, 0.2) is 0 Å². The maximum absolute atomic E-state index is 13.4. The number of benzene rings is 2. The first kappa shape index (κ1) is 25.0. The number of hydrogen-bond acceptors (Lipinski definition) is 5. The molecule has 1 N–H and O–H groups in total. The number of ether oxygens (including phenoxy) is 1. The van der Waals surface area contributed by atoms with E-state index >= 15 is 0 Å². The minimum absolute atomic E-state index is 0.0287. The number of aromatic nitrogens is 3. The van der Waals surface area contributed by atoms with Crippen LogP contribution in [0.4, 0.5) is 0 Å². The maximum Gasteiger partial charge on any atom is 0.253 e. The molecule has 0 radical (unpaired) electrons. The molecule has 1 fully saturated rings. The van der Waals surface area contributed by atoms with Crippen LogP contribution in [-0.2, 0) is 17.8 Å². The zero-order valence-electron chi connectivity index (χ0n) is 21.3. The van der Waals surface area contributed by atoms with Crippen LogP contribution in [0.25, 0.3) is 0 Å². The lowest BCUT2D eigenvalue weighted by atomic mass is 9.73. The van der Waals surface area contributed by atoms with Crippen molar-refractivity contribution in [2.24, 2.45) is 5.41 Å². The van der Waals surface area contributed by atoms with E-state index in [0.717, 1.165) is 43.4 Å². The Morgan fingerprint density at radius 1 is 1.00 bits per heavy atom. The van der Waals surface area contributed by atoms with Gasteiger partial charge in [-0.1, -0.05) is 36.8 Å². The number of nitrogens with one attached hydrogen (secondary N) is 1. The van der Waals surface area contributed by atoms with Gasteiger partial charge in [0.1, 0.15) is 18.4 Å². The molecule has 8 heteroatoms. The second-order valence-corrected chi connectivity index (χ2v) is 10.1. The normalized spacial score (nSPS) is 18.5. The van der Waals surface area contributed by atoms with Crippen LogP contribution in [0.15, 0.2) is 61.2 Å². The smallest absolute Gasteiger partial charge is 0.253 e. The maximum atomic E-state index is 13.4. The molecule has 3 heterocycles. The molecule has 0 saturated carbocycles. The van der Waals surface area contributed by atoms with E-state index in [4.69, 9.17) is 4.74 Å². The highest BCUT2D eigenvalue weighted by atomic mass is 16.5. The summed E-state index contributed by atoms with van der Waals surface area (Å²) in [5.74, 6) is 1.12. The van der Waals surface area contributed by atoms with Crippen molar-refractivity contribution in [1.29, 1.82) is 0 Å². The third kappa shape index (κ3) is 6.01. The lowest BCUT2D eigenvalue weighted by Crippen LogP contribution is -2.50. The molecule has 8 nitrogen and oxygen atoms in total. The number of para-hydroxylation sites is 1. The molecule has 2 aliphatic heterocycles. The number of nitrogens with zero attached hydrogens (tertiary/aromatic N) is 4. The van der Waals surface area contributed by atoms with Crippen molar-refractivity contribution in [2.75, 3.05) is 26.2 Å². The minimum Gasteiger partial charge on any atom is -0.493 e. The van der Waals surface area contributed by atoms with E-state index in [1.165, 1.54) is 11.9 Å². The van der Waals surface area contributed by atoms with Gasteiger partial charge in [0.05, 0.1) is 18.6 Å². The van der Waals surface area contributed by atoms with Crippen LogP contribution < -0.4 is 10.1 Å². The molecule has 2 aromatic carbocycles. The van der Waals surface area contributed by atoms with E-state index in [2.05, 4.69) is 27.5 Å². The number of fused-ring (bicyclic) bond motifs is 1. The summed E-state index contributed by atoms with van der Waals surface area (Å²) in [7, 11) is 0. The van der Waals surface area contributed by atoms with Crippen molar-refractivity contribution in [2.45, 2.75) is 51.5 Å². The van der Waals surface area contributed by atoms with E-state index in [-0.39, 0.29) is 11.8 Å². The van der Waals surface area contributed by atoms with Crippen molar-refractivity contribution < 1.29 is 14.3 Å². The van der Waals surface area contributed by atoms with Crippen molar-refractivity contribution >= 4 is 11.8 Å². The van der Waals surface area contributed by atoms with Gasteiger partial charge in [-0.2, -0.15) is 5.10 Å². The van der Waals surface area contributed by atoms with Gasteiger partial charge < -0.3 is 15.0 Å². The van der Waals surface area contributed by atoms with Crippen molar-refractivity contribution in [3.05, 3.63) is 77.9 Å². The Labute approximate surface area is 218 Å². The molecule has 37 heavy (non-hydrogen) atoms. The van der Waals surface area contributed by atoms with Crippen LogP contribution in [0.1, 0.15) is 60.0 Å². The summed E-state index contributed by atoms with van der Waals surface area (Å²) in [5.41, 5.74) is 2.57. The zero-order valence-corrected chi connectivity index (χ0v) is 21.3. The molecule has 0 unspecified atom stereocenters. The van der Waals surface area contributed by atoms with E-state index in [1.54, 1.807) is 11.0 Å². The molecule has 1 aromatic heterocycles. The Morgan fingerprint density at radius 2 is 1.81 bits per heavy atom. The van der Waals surface area contributed by atoms with E-state index in [1.807, 2.05) is 41.3 Å². The molecule has 0 bridgehead atoms. The van der Waals surface area contributed by atoms with E-state index < -0.39 is 5.41 Å². The lowest BCUT2D eigenvalue weighted by molar-refractivity contribution is -0.134. The van der Waals surface area contributed by atoms with Crippen molar-refractivity contribution in [1.82, 2.24) is 25.0 Å². The van der Waals surface area contributed by atoms with Crippen LogP contribution in [0.5, 0.6) is 5.75 Å². The zero-order chi connectivity index (χ0) is 25.5. The second-order valence-electron chi connectivity index (χ2n) is 10.1. The van der Waals surface area contributed by atoms with Crippen molar-refractivity contribution in [3.63, 3.8) is 0 Å². The fourth-order valence-corrected chi connectivity index (χ4v) is 5.44. The van der Waals surface area contributed by atoms with Gasteiger partial charge in [-0.3, -0.25) is 9.59 Å². The number of aryl methyl sites for hydroxylation is 1. The quantitative estimate of drug-likeness (QED) is 0.589. The molecule has 194 valence electrons. The van der Waals surface area contributed by atoms with Crippen LogP contribution >= 0.6 is 0 Å². The summed E-state index contributed by atoms with van der Waals surface area (Å²) < 4.78 is 7.74. The first-order chi connectivity index (χ1) is 18.1. The number of carbonyl (C=O) groups excluding carboxylic acids is 2. The third-order valence-electron chi connectivity index (χ3n) is 7.69. The molecule has 2 amide bonds. The first-order valence-corrected chi connectivity index (χ1v) is 13.3. The largest absolute Gasteiger partial charge is 0.493 e. The molecule has 0 atom stereocenters. The average Bonchev–Trinajstić information content (AvgIpc) is 3.45. The van der Waals surface area contributed by atoms with Gasteiger partial charge in [-0.25, -0.2) is 9.67 Å². The molecule has 3 aromatic rings. The van der Waals surface area contributed by atoms with Gasteiger partial charge >= 0.3 is 0 Å². The number of rotatable bonds is 3. The lowest BCUT2D eigenvalue weighted by Gasteiger charge is -2.41. The molecular formula is C29H35N5O3. The third-order valence-corrected chi connectivity index (χ3v) is 7.69. The fraction of sp³-hybridized carbons (Fsp3) is 0.448. The monoisotopic (exact) mass is 501 g/mol. The number of piperidine rings is 1. The summed E-state index contributed by atoms with van der Waals surface area (Å²) in [5, 5.41) is 7.30. The van der Waals surface area contributed by atoms with Crippen LogP contribution in [0, 0.1) is 5.41 Å². The topological polar surface area (TPSA) is 89.3 Å². The second kappa shape index (κ2) is 11.6. The predicted molar refractivity (Wildman–Crippen MR) is 140 cm³/mol. The summed E-state index contributed by atoms with van der Waals surface area (Å²) >= 11 is 0. The van der Waals surface area contributed by atoms with Gasteiger partial charge in [-0.05, 0) is 67.9 Å². The Kier molecular flexibility index (Phi) is 7.82. The molecule has 1 spiro atoms. The number of likely N-dealkylation sites (tertiary alicyclic amines) is 1. The molecule has 0 aliphatic carbocycles. The first-order valence-electron chi connectivity index (χ1n) is 13.3. The Morgan fingerprint density at radius 3 is 2.59 bits per heavy atom. The van der Waals surface area contributed by atoms with Crippen molar-refractivity contribution in [3.8, 4) is 5.75 Å². The summed E-state index contributed by atoms with van der Waals surface area (Å²) in [6.45, 7) is 3.00. The van der Waals surface area contributed by atoms with Crippen LogP contribution in [0.2, 0.25) is 0 Å². The van der Waals surface area contributed by atoms with Gasteiger partial charge in [0.2, 0.25) is 5.91 Å². The number of amides is 2. The summed E-state index contributed by atoms with van der Waals surface area (Å²) in [6.07, 6.45) is 9.14. The van der Waals surface area contributed by atoms with Gasteiger partial charge in [0, 0.05) is 25.2 Å². The SMILES string of the molecule is O=C(c1ccc(Cn2cncn2)cc1)N1CCC2(CCCCc3ccccc3OCCCNC2=O)CC1. The standard InChI is InChI=1S/C29H35N5O3/c35-27(25-11-9-23(10-12-25)20-34-22-30-21-32-34)33-17-14-29(15-18-33)13-4-3-7-24-6-1-2-8-26(24)37-19-5-16-31-28(29)36/h1-2,6,8-12,21-22H,3-5,7,13-20H2,(H,31,36). The highest BCUT2D eigenvalue weighted by Gasteiger charge is 2.41. The van der Waals surface area contributed by atoms with Crippen LogP contribution in [-0.4, -0.2) is 57.7 Å². The highest BCUT2D eigenvalue weighted by Crippen LogP contribution is 2.38. The molecule has 1 saturated heterocycles. The molecular weight excluding hydrogens is 466 g/mol. The Bertz CT molecular complexity index is 1180. The van der Waals surface area contributed by atoms with Crippen LogP contribution in [0.3, 0.4) is 0 Å². The molecule has 2 aliphatic rings. The molecule has 5 rings (SSSR count). The Balaban J connectivity index is 1.20. The predicted octanol–water partition coefficient (Wildman–Crippen LogP) is 3.86. The van der Waals surface area contributed by atoms with Gasteiger partial charge in [0.25, 0.3) is 5.91 Å². The minimum atomic E-state index is -0.410. The number of hydrogen-bond donors (Lipinski definition) is 1. The van der Waals surface area contributed by atoms with E-state index in [9.17, 15) is 9.59 Å². The summed E-state index contributed by atoms with van der Waals surface area (Å²) in [6, 6.07) is 15.9. The average molecular weight is 502 g/mol. The fourth-order valence-electron chi connectivity index (χ4n) is 5.44. The Hall–Kier alpha value is -3.68. The van der Waals surface area contributed by atoms with E-state index in [0.29, 0.717) is 51.2 Å².